The number of rotatable bonds is 10. The van der Waals surface area contributed by atoms with Crippen LogP contribution >= 0.6 is 0 Å². The van der Waals surface area contributed by atoms with Crippen LogP contribution in [0.15, 0.2) is 48.5 Å². The Morgan fingerprint density at radius 1 is 0.885 bits per heavy atom. The fourth-order valence-corrected chi connectivity index (χ4v) is 4.03. The molecule has 2 aromatic rings. The van der Waals surface area contributed by atoms with Gasteiger partial charge in [0.15, 0.2) is 0 Å². The minimum absolute atomic E-state index is 0.00503. The van der Waals surface area contributed by atoms with Crippen LogP contribution in [0.25, 0.3) is 0 Å². The van der Waals surface area contributed by atoms with E-state index < -0.39 is 10.0 Å². The lowest BCUT2D eigenvalue weighted by molar-refractivity contribution is 0.340. The molecule has 2 aromatic carbocycles. The van der Waals surface area contributed by atoms with Crippen molar-refractivity contribution in [2.24, 2.45) is 0 Å². The van der Waals surface area contributed by atoms with E-state index in [1.807, 2.05) is 69.3 Å². The number of benzene rings is 2. The van der Waals surface area contributed by atoms with Gasteiger partial charge in [-0.25, -0.2) is 13.1 Å². The molecule has 0 heterocycles. The standard InChI is InChI=1S/C20H28N2O3S/c1-4-25-20-11-9-18(10-12-20)14-21-13-17-5-7-19(8-6-17)15-26(23,24)22-16(2)3/h5-12,16,21-22H,4,13-15H2,1-3H3. The largest absolute Gasteiger partial charge is 0.494 e. The van der Waals surface area contributed by atoms with Crippen molar-refractivity contribution in [3.63, 3.8) is 0 Å². The van der Waals surface area contributed by atoms with E-state index in [4.69, 9.17) is 4.74 Å². The van der Waals surface area contributed by atoms with Gasteiger partial charge in [-0.15, -0.1) is 0 Å². The predicted octanol–water partition coefficient (Wildman–Crippen LogP) is 3.20. The summed E-state index contributed by atoms with van der Waals surface area (Å²) in [4.78, 5) is 0. The molecular weight excluding hydrogens is 348 g/mol. The van der Waals surface area contributed by atoms with Crippen molar-refractivity contribution < 1.29 is 13.2 Å². The first-order valence-corrected chi connectivity index (χ1v) is 10.5. The van der Waals surface area contributed by atoms with Gasteiger partial charge in [-0.1, -0.05) is 36.4 Å². The van der Waals surface area contributed by atoms with E-state index in [1.54, 1.807) is 0 Å². The summed E-state index contributed by atoms with van der Waals surface area (Å²) in [6, 6.07) is 15.6. The summed E-state index contributed by atoms with van der Waals surface area (Å²) >= 11 is 0. The Kier molecular flexibility index (Phi) is 7.63. The number of nitrogens with one attached hydrogen (secondary N) is 2. The maximum absolute atomic E-state index is 12.0. The molecule has 5 nitrogen and oxygen atoms in total. The quantitative estimate of drug-likeness (QED) is 0.668. The zero-order chi connectivity index (χ0) is 19.0. The Balaban J connectivity index is 1.82. The second-order valence-electron chi connectivity index (χ2n) is 6.53. The third-order valence-electron chi connectivity index (χ3n) is 3.69. The van der Waals surface area contributed by atoms with E-state index in [9.17, 15) is 8.42 Å². The molecule has 0 bridgehead atoms. The molecule has 0 aliphatic heterocycles. The topological polar surface area (TPSA) is 67.4 Å². The summed E-state index contributed by atoms with van der Waals surface area (Å²) in [5.41, 5.74) is 3.10. The molecule has 0 spiro atoms. The summed E-state index contributed by atoms with van der Waals surface area (Å²) in [6.45, 7) is 7.76. The summed E-state index contributed by atoms with van der Waals surface area (Å²) in [6.07, 6.45) is 0. The molecule has 2 rings (SSSR count). The second kappa shape index (κ2) is 9.71. The van der Waals surface area contributed by atoms with E-state index in [1.165, 1.54) is 5.56 Å². The van der Waals surface area contributed by atoms with Gasteiger partial charge in [0.05, 0.1) is 12.4 Å². The maximum atomic E-state index is 12.0. The Labute approximate surface area is 156 Å². The number of ether oxygens (including phenoxy) is 1. The zero-order valence-corrected chi connectivity index (χ0v) is 16.5. The van der Waals surface area contributed by atoms with Crippen LogP contribution in [0.2, 0.25) is 0 Å². The lowest BCUT2D eigenvalue weighted by Gasteiger charge is -2.10. The molecule has 142 valence electrons. The van der Waals surface area contributed by atoms with Crippen LogP contribution in [0.4, 0.5) is 0 Å². The molecule has 0 aromatic heterocycles. The van der Waals surface area contributed by atoms with E-state index in [2.05, 4.69) is 10.0 Å². The smallest absolute Gasteiger partial charge is 0.216 e. The molecule has 0 aliphatic rings. The number of sulfonamides is 1. The van der Waals surface area contributed by atoms with Crippen molar-refractivity contribution in [1.29, 1.82) is 0 Å². The van der Waals surface area contributed by atoms with E-state index in [0.29, 0.717) is 6.61 Å². The van der Waals surface area contributed by atoms with E-state index in [-0.39, 0.29) is 11.8 Å². The number of hydrogen-bond acceptors (Lipinski definition) is 4. The van der Waals surface area contributed by atoms with Gasteiger partial charge in [-0.3, -0.25) is 0 Å². The van der Waals surface area contributed by atoms with Crippen LogP contribution in [0.1, 0.15) is 37.5 Å². The molecule has 0 aliphatic carbocycles. The third kappa shape index (κ3) is 7.15. The molecule has 0 saturated carbocycles. The first kappa shape index (κ1) is 20.4. The molecule has 0 radical (unpaired) electrons. The van der Waals surface area contributed by atoms with Crippen LogP contribution in [0, 0.1) is 0 Å². The molecule has 0 fully saturated rings. The molecule has 0 unspecified atom stereocenters. The highest BCUT2D eigenvalue weighted by Crippen LogP contribution is 2.12. The Hall–Kier alpha value is -1.89. The first-order valence-electron chi connectivity index (χ1n) is 8.88. The van der Waals surface area contributed by atoms with Crippen LogP contribution in [-0.2, 0) is 28.9 Å². The normalized spacial score (nSPS) is 11.7. The minimum atomic E-state index is -3.28. The molecule has 0 amide bonds. The average Bonchev–Trinajstić information content (AvgIpc) is 2.57. The summed E-state index contributed by atoms with van der Waals surface area (Å²) in [5.74, 6) is 0.888. The molecule has 0 saturated heterocycles. The molecular formula is C20H28N2O3S. The highest BCUT2D eigenvalue weighted by molar-refractivity contribution is 7.88. The van der Waals surface area contributed by atoms with Crippen LogP contribution in [0.3, 0.4) is 0 Å². The fourth-order valence-electron chi connectivity index (χ4n) is 2.59. The maximum Gasteiger partial charge on any atom is 0.216 e. The van der Waals surface area contributed by atoms with Crippen molar-refractivity contribution in [1.82, 2.24) is 10.0 Å². The van der Waals surface area contributed by atoms with Gasteiger partial charge < -0.3 is 10.1 Å². The van der Waals surface area contributed by atoms with Gasteiger partial charge in [-0.2, -0.15) is 0 Å². The fraction of sp³-hybridized carbons (Fsp3) is 0.400. The van der Waals surface area contributed by atoms with Gasteiger partial charge in [-0.05, 0) is 49.6 Å². The Morgan fingerprint density at radius 3 is 1.88 bits per heavy atom. The second-order valence-corrected chi connectivity index (χ2v) is 8.28. The SMILES string of the molecule is CCOc1ccc(CNCc2ccc(CS(=O)(=O)NC(C)C)cc2)cc1. The summed E-state index contributed by atoms with van der Waals surface area (Å²) < 4.78 is 31.9. The van der Waals surface area contributed by atoms with Crippen LogP contribution in [-0.4, -0.2) is 21.1 Å². The van der Waals surface area contributed by atoms with Crippen molar-refractivity contribution >= 4 is 10.0 Å². The number of hydrogen-bond donors (Lipinski definition) is 2. The molecule has 26 heavy (non-hydrogen) atoms. The van der Waals surface area contributed by atoms with E-state index >= 15 is 0 Å². The predicted molar refractivity (Wildman–Crippen MR) is 105 cm³/mol. The van der Waals surface area contributed by atoms with E-state index in [0.717, 1.165) is 30.0 Å². The van der Waals surface area contributed by atoms with Gasteiger partial charge >= 0.3 is 0 Å². The Morgan fingerprint density at radius 2 is 1.38 bits per heavy atom. The monoisotopic (exact) mass is 376 g/mol. The lowest BCUT2D eigenvalue weighted by atomic mass is 10.1. The summed E-state index contributed by atoms with van der Waals surface area (Å²) in [7, 11) is -3.28. The first-order chi connectivity index (χ1) is 12.4. The van der Waals surface area contributed by atoms with Gasteiger partial charge in [0.1, 0.15) is 5.75 Å². The van der Waals surface area contributed by atoms with Gasteiger partial charge in [0.2, 0.25) is 10.0 Å². The third-order valence-corrected chi connectivity index (χ3v) is 5.23. The molecule has 6 heteroatoms. The van der Waals surface area contributed by atoms with Crippen LogP contribution < -0.4 is 14.8 Å². The van der Waals surface area contributed by atoms with Crippen molar-refractivity contribution in [3.05, 3.63) is 65.2 Å². The molecule has 0 atom stereocenters. The highest BCUT2D eigenvalue weighted by Gasteiger charge is 2.12. The van der Waals surface area contributed by atoms with Crippen LogP contribution in [0.5, 0.6) is 5.75 Å². The van der Waals surface area contributed by atoms with Crippen molar-refractivity contribution in [2.75, 3.05) is 6.61 Å². The van der Waals surface area contributed by atoms with Crippen molar-refractivity contribution in [3.8, 4) is 5.75 Å². The Bertz CT molecular complexity index is 770. The lowest BCUT2D eigenvalue weighted by Crippen LogP contribution is -2.31. The summed E-state index contributed by atoms with van der Waals surface area (Å²) in [5, 5.41) is 3.39. The molecule has 2 N–H and O–H groups in total. The van der Waals surface area contributed by atoms with Crippen molar-refractivity contribution in [2.45, 2.75) is 45.7 Å². The average molecular weight is 377 g/mol. The zero-order valence-electron chi connectivity index (χ0n) is 15.7. The van der Waals surface area contributed by atoms with Gasteiger partial charge in [0.25, 0.3) is 0 Å². The highest BCUT2D eigenvalue weighted by atomic mass is 32.2. The van der Waals surface area contributed by atoms with Gasteiger partial charge in [0, 0.05) is 19.1 Å². The minimum Gasteiger partial charge on any atom is -0.494 e.